The van der Waals surface area contributed by atoms with Gasteiger partial charge in [-0.15, -0.1) is 0 Å². The first kappa shape index (κ1) is 14.3. The lowest BCUT2D eigenvalue weighted by Gasteiger charge is -2.39. The summed E-state index contributed by atoms with van der Waals surface area (Å²) in [6, 6.07) is 0.684. The van der Waals surface area contributed by atoms with Crippen molar-refractivity contribution in [3.8, 4) is 0 Å². The Hall–Kier alpha value is 0.270. The molecule has 1 aliphatic heterocycles. The number of aliphatic hydroxyl groups excluding tert-OH is 1. The van der Waals surface area contributed by atoms with Crippen LogP contribution in [0, 0.1) is 5.41 Å². The number of unbranched alkanes of at least 4 members (excludes halogenated alkanes) is 3. The summed E-state index contributed by atoms with van der Waals surface area (Å²) in [5.74, 6) is 2.59. The number of hydrogen-bond acceptors (Lipinski definition) is 3. The Morgan fingerprint density at radius 3 is 2.69 bits per heavy atom. The SMILES string of the molecule is CC1(C)CCSCC1NCCCCCCO. The predicted molar refractivity (Wildman–Crippen MR) is 73.1 cm³/mol. The van der Waals surface area contributed by atoms with Crippen LogP contribution >= 0.6 is 11.8 Å². The van der Waals surface area contributed by atoms with E-state index < -0.39 is 0 Å². The third-order valence-corrected chi connectivity index (χ3v) is 4.66. The summed E-state index contributed by atoms with van der Waals surface area (Å²) in [5, 5.41) is 12.4. The van der Waals surface area contributed by atoms with Crippen LogP contribution in [0.15, 0.2) is 0 Å². The van der Waals surface area contributed by atoms with Crippen LogP contribution in [-0.4, -0.2) is 35.8 Å². The molecule has 0 spiro atoms. The van der Waals surface area contributed by atoms with Crippen molar-refractivity contribution in [1.82, 2.24) is 5.32 Å². The molecule has 1 aliphatic rings. The fourth-order valence-corrected chi connectivity index (χ4v) is 3.78. The van der Waals surface area contributed by atoms with Crippen LogP contribution in [0.2, 0.25) is 0 Å². The van der Waals surface area contributed by atoms with Crippen molar-refractivity contribution >= 4 is 11.8 Å². The molecule has 0 aliphatic carbocycles. The number of rotatable bonds is 7. The lowest BCUT2D eigenvalue weighted by atomic mass is 9.82. The van der Waals surface area contributed by atoms with E-state index in [1.165, 1.54) is 37.2 Å². The zero-order valence-electron chi connectivity index (χ0n) is 10.8. The fourth-order valence-electron chi connectivity index (χ4n) is 2.14. The second-order valence-electron chi connectivity index (χ2n) is 5.46. The van der Waals surface area contributed by atoms with E-state index in [4.69, 9.17) is 5.11 Å². The fraction of sp³-hybridized carbons (Fsp3) is 1.00. The van der Waals surface area contributed by atoms with Gasteiger partial charge in [-0.05, 0) is 37.0 Å². The molecule has 2 N–H and O–H groups in total. The smallest absolute Gasteiger partial charge is 0.0431 e. The Morgan fingerprint density at radius 1 is 1.25 bits per heavy atom. The molecule has 0 aromatic carbocycles. The quantitative estimate of drug-likeness (QED) is 0.676. The first-order valence-electron chi connectivity index (χ1n) is 6.59. The van der Waals surface area contributed by atoms with E-state index in [2.05, 4.69) is 30.9 Å². The van der Waals surface area contributed by atoms with Crippen molar-refractivity contribution in [1.29, 1.82) is 0 Å². The van der Waals surface area contributed by atoms with Gasteiger partial charge in [0.25, 0.3) is 0 Å². The van der Waals surface area contributed by atoms with E-state index >= 15 is 0 Å². The molecule has 1 heterocycles. The molecule has 1 unspecified atom stereocenters. The van der Waals surface area contributed by atoms with E-state index in [0.717, 1.165) is 13.0 Å². The zero-order valence-corrected chi connectivity index (χ0v) is 11.6. The zero-order chi connectivity index (χ0) is 11.9. The van der Waals surface area contributed by atoms with E-state index in [-0.39, 0.29) is 0 Å². The number of hydrogen-bond donors (Lipinski definition) is 2. The van der Waals surface area contributed by atoms with Crippen molar-refractivity contribution in [3.05, 3.63) is 0 Å². The van der Waals surface area contributed by atoms with E-state index in [1.807, 2.05) is 0 Å². The van der Waals surface area contributed by atoms with Gasteiger partial charge in [-0.1, -0.05) is 26.7 Å². The second-order valence-corrected chi connectivity index (χ2v) is 6.61. The summed E-state index contributed by atoms with van der Waals surface area (Å²) in [4.78, 5) is 0. The van der Waals surface area contributed by atoms with Gasteiger partial charge >= 0.3 is 0 Å². The van der Waals surface area contributed by atoms with Crippen LogP contribution in [0.3, 0.4) is 0 Å². The monoisotopic (exact) mass is 245 g/mol. The largest absolute Gasteiger partial charge is 0.396 e. The molecule has 0 bridgehead atoms. The van der Waals surface area contributed by atoms with Gasteiger partial charge in [0.1, 0.15) is 0 Å². The Labute approximate surface area is 105 Å². The summed E-state index contributed by atoms with van der Waals surface area (Å²) in [6.07, 6.45) is 5.96. The minimum atomic E-state index is 0.347. The molecule has 16 heavy (non-hydrogen) atoms. The number of nitrogens with one attached hydrogen (secondary N) is 1. The lowest BCUT2D eigenvalue weighted by molar-refractivity contribution is 0.244. The summed E-state index contributed by atoms with van der Waals surface area (Å²) in [7, 11) is 0. The summed E-state index contributed by atoms with van der Waals surface area (Å²) >= 11 is 2.08. The molecule has 0 aromatic rings. The molecule has 1 saturated heterocycles. The molecule has 1 atom stereocenters. The maximum atomic E-state index is 8.68. The Bertz CT molecular complexity index is 185. The Balaban J connectivity index is 2.07. The highest BCUT2D eigenvalue weighted by atomic mass is 32.2. The summed E-state index contributed by atoms with van der Waals surface area (Å²) in [5.41, 5.74) is 0.469. The average Bonchev–Trinajstić information content (AvgIpc) is 2.25. The van der Waals surface area contributed by atoms with E-state index in [1.54, 1.807) is 0 Å². The molecule has 1 fully saturated rings. The van der Waals surface area contributed by atoms with Crippen LogP contribution in [-0.2, 0) is 0 Å². The van der Waals surface area contributed by atoms with Crippen molar-refractivity contribution < 1.29 is 5.11 Å². The van der Waals surface area contributed by atoms with Crippen molar-refractivity contribution in [3.63, 3.8) is 0 Å². The molecule has 0 radical (unpaired) electrons. The first-order chi connectivity index (χ1) is 7.67. The highest BCUT2D eigenvalue weighted by molar-refractivity contribution is 7.99. The first-order valence-corrected chi connectivity index (χ1v) is 7.74. The van der Waals surface area contributed by atoms with Gasteiger partial charge in [0.05, 0.1) is 0 Å². The third-order valence-electron chi connectivity index (χ3n) is 3.59. The standard InChI is InChI=1S/C13H27NOS/c1-13(2)7-10-16-11-12(13)14-8-5-3-4-6-9-15/h12,14-15H,3-11H2,1-2H3. The minimum absolute atomic E-state index is 0.347. The van der Waals surface area contributed by atoms with Crippen molar-refractivity contribution in [2.75, 3.05) is 24.7 Å². The highest BCUT2D eigenvalue weighted by Crippen LogP contribution is 2.34. The van der Waals surface area contributed by atoms with Crippen LogP contribution in [0.5, 0.6) is 0 Å². The summed E-state index contributed by atoms with van der Waals surface area (Å²) in [6.45, 7) is 6.26. The van der Waals surface area contributed by atoms with Gasteiger partial charge in [0.2, 0.25) is 0 Å². The van der Waals surface area contributed by atoms with Crippen LogP contribution in [0.25, 0.3) is 0 Å². The normalized spacial score (nSPS) is 24.6. The van der Waals surface area contributed by atoms with E-state index in [9.17, 15) is 0 Å². The molecule has 3 heteroatoms. The van der Waals surface area contributed by atoms with Gasteiger partial charge < -0.3 is 10.4 Å². The molecule has 0 saturated carbocycles. The Morgan fingerprint density at radius 2 is 2.00 bits per heavy atom. The molecule has 0 aromatic heterocycles. The molecule has 1 rings (SSSR count). The van der Waals surface area contributed by atoms with Gasteiger partial charge in [-0.25, -0.2) is 0 Å². The van der Waals surface area contributed by atoms with Gasteiger partial charge in [0, 0.05) is 18.4 Å². The predicted octanol–water partition coefficient (Wildman–Crippen LogP) is 2.66. The highest BCUT2D eigenvalue weighted by Gasteiger charge is 2.31. The number of aliphatic hydroxyl groups is 1. The molecule has 2 nitrogen and oxygen atoms in total. The molecule has 96 valence electrons. The van der Waals surface area contributed by atoms with Gasteiger partial charge in [-0.3, -0.25) is 0 Å². The van der Waals surface area contributed by atoms with Gasteiger partial charge in [-0.2, -0.15) is 11.8 Å². The van der Waals surface area contributed by atoms with Crippen LogP contribution < -0.4 is 5.32 Å². The average molecular weight is 245 g/mol. The Kier molecular flexibility index (Phi) is 6.78. The molecular formula is C13H27NOS. The van der Waals surface area contributed by atoms with Crippen molar-refractivity contribution in [2.45, 2.75) is 52.0 Å². The van der Waals surface area contributed by atoms with Crippen LogP contribution in [0.1, 0.15) is 46.0 Å². The van der Waals surface area contributed by atoms with Crippen molar-refractivity contribution in [2.24, 2.45) is 5.41 Å². The summed E-state index contributed by atoms with van der Waals surface area (Å²) < 4.78 is 0. The maximum Gasteiger partial charge on any atom is 0.0431 e. The molecular weight excluding hydrogens is 218 g/mol. The topological polar surface area (TPSA) is 32.3 Å². The number of thioether (sulfide) groups is 1. The second kappa shape index (κ2) is 7.57. The lowest BCUT2D eigenvalue weighted by Crippen LogP contribution is -2.46. The van der Waals surface area contributed by atoms with E-state index in [0.29, 0.717) is 18.1 Å². The van der Waals surface area contributed by atoms with Crippen LogP contribution in [0.4, 0.5) is 0 Å². The third kappa shape index (κ3) is 5.07. The van der Waals surface area contributed by atoms with Gasteiger partial charge in [0.15, 0.2) is 0 Å². The molecule has 0 amide bonds. The maximum absolute atomic E-state index is 8.68. The minimum Gasteiger partial charge on any atom is -0.396 e.